The molecule has 3 nitrogen and oxygen atoms in total. The van der Waals surface area contributed by atoms with Gasteiger partial charge in [0, 0.05) is 5.02 Å². The van der Waals surface area contributed by atoms with Crippen molar-refractivity contribution in [2.75, 3.05) is 6.54 Å². The van der Waals surface area contributed by atoms with Crippen LogP contribution in [0.1, 0.15) is 30.4 Å². The summed E-state index contributed by atoms with van der Waals surface area (Å²) >= 11 is 17.8. The number of allylic oxidation sites excluding steroid dienone is 1. The molecular formula is C21H20Cl3F3N3+. The molecule has 0 aliphatic heterocycles. The number of nitrogens with zero attached hydrogens (tertiary/aromatic N) is 2. The lowest BCUT2D eigenvalue weighted by atomic mass is 9.97. The van der Waals surface area contributed by atoms with Gasteiger partial charge in [-0.2, -0.15) is 13.2 Å². The van der Waals surface area contributed by atoms with Crippen LogP contribution < -0.4 is 5.73 Å². The SMILES string of the molecule is CCC[N+](C=Nc1ccc(C=CC(c2cc(Cl)cc(Cl)c2Cl)C(F)(F)F)cc1)=CN. The Kier molecular flexibility index (Phi) is 8.77. The molecule has 0 radical (unpaired) electrons. The van der Waals surface area contributed by atoms with Gasteiger partial charge in [0.1, 0.15) is 5.69 Å². The van der Waals surface area contributed by atoms with Crippen molar-refractivity contribution in [3.05, 3.63) is 68.7 Å². The van der Waals surface area contributed by atoms with E-state index >= 15 is 0 Å². The summed E-state index contributed by atoms with van der Waals surface area (Å²) in [7, 11) is 0. The molecule has 160 valence electrons. The summed E-state index contributed by atoms with van der Waals surface area (Å²) in [6.07, 6.45) is 1.76. The molecule has 1 unspecified atom stereocenters. The van der Waals surface area contributed by atoms with Gasteiger partial charge in [0.25, 0.3) is 0 Å². The van der Waals surface area contributed by atoms with Gasteiger partial charge >= 0.3 is 6.18 Å². The van der Waals surface area contributed by atoms with E-state index in [-0.39, 0.29) is 20.6 Å². The van der Waals surface area contributed by atoms with Gasteiger partial charge in [-0.25, -0.2) is 4.58 Å². The molecule has 0 aromatic heterocycles. The highest BCUT2D eigenvalue weighted by Crippen LogP contribution is 2.42. The summed E-state index contributed by atoms with van der Waals surface area (Å²) in [6.45, 7) is 2.75. The van der Waals surface area contributed by atoms with Crippen LogP contribution >= 0.6 is 34.8 Å². The molecule has 1 atom stereocenters. The van der Waals surface area contributed by atoms with Gasteiger partial charge in [-0.15, -0.1) is 4.99 Å². The van der Waals surface area contributed by atoms with E-state index in [2.05, 4.69) is 4.99 Å². The number of benzene rings is 2. The number of rotatable bonds is 7. The Labute approximate surface area is 188 Å². The standard InChI is InChI=1S/C21H19Cl3F3N3/c1-2-9-30(12-28)13-29-16-6-3-14(4-7-16)5-8-18(21(25,26)27)17-10-15(22)11-19(23)20(17)24/h3-8,10-13,18,28H,2,9H2,1H3/p+1. The van der Waals surface area contributed by atoms with Gasteiger partial charge in [0.2, 0.25) is 6.34 Å². The lowest BCUT2D eigenvalue weighted by Gasteiger charge is -2.19. The molecule has 9 heteroatoms. The minimum atomic E-state index is -4.57. The molecule has 2 rings (SSSR count). The first-order valence-electron chi connectivity index (χ1n) is 9.00. The zero-order chi connectivity index (χ0) is 22.3. The monoisotopic (exact) mass is 476 g/mol. The number of hydrogen-bond donors (Lipinski definition) is 1. The van der Waals surface area contributed by atoms with Crippen LogP contribution in [0.25, 0.3) is 6.08 Å². The number of halogens is 6. The first kappa shape index (κ1) is 24.3. The zero-order valence-corrected chi connectivity index (χ0v) is 18.3. The summed E-state index contributed by atoms with van der Waals surface area (Å²) < 4.78 is 42.7. The van der Waals surface area contributed by atoms with Crippen LogP contribution in [0.3, 0.4) is 0 Å². The highest BCUT2D eigenvalue weighted by molar-refractivity contribution is 6.43. The number of aliphatic imine (C=N–C) groups is 1. The summed E-state index contributed by atoms with van der Waals surface area (Å²) in [5.41, 5.74) is 6.53. The van der Waals surface area contributed by atoms with Crippen molar-refractivity contribution < 1.29 is 17.7 Å². The van der Waals surface area contributed by atoms with E-state index in [0.29, 0.717) is 11.3 Å². The first-order chi connectivity index (χ1) is 14.2. The topological polar surface area (TPSA) is 41.4 Å². The van der Waals surface area contributed by atoms with Crippen LogP contribution in [-0.2, 0) is 0 Å². The average Bonchev–Trinajstić information content (AvgIpc) is 2.68. The van der Waals surface area contributed by atoms with Crippen LogP contribution in [0.5, 0.6) is 0 Å². The second-order valence-electron chi connectivity index (χ2n) is 6.39. The smallest absolute Gasteiger partial charge is 0.325 e. The summed E-state index contributed by atoms with van der Waals surface area (Å²) in [6, 6.07) is 9.20. The Hall–Kier alpha value is -2.02. The molecule has 2 aromatic carbocycles. The molecule has 0 bridgehead atoms. The van der Waals surface area contributed by atoms with Gasteiger partial charge in [-0.3, -0.25) is 0 Å². The maximum Gasteiger partial charge on any atom is 0.399 e. The van der Waals surface area contributed by atoms with E-state index in [4.69, 9.17) is 40.5 Å². The van der Waals surface area contributed by atoms with Gasteiger partial charge in [-0.05, 0) is 41.8 Å². The van der Waals surface area contributed by atoms with Crippen molar-refractivity contribution in [1.29, 1.82) is 0 Å². The third kappa shape index (κ3) is 6.76. The molecule has 0 saturated carbocycles. The number of hydrogen-bond acceptors (Lipinski definition) is 1. The zero-order valence-electron chi connectivity index (χ0n) is 16.0. The molecule has 0 fully saturated rings. The Balaban J connectivity index is 2.26. The van der Waals surface area contributed by atoms with E-state index in [1.54, 1.807) is 35.2 Å². The van der Waals surface area contributed by atoms with Crippen LogP contribution in [0.2, 0.25) is 15.1 Å². The minimum absolute atomic E-state index is 0.0316. The van der Waals surface area contributed by atoms with Crippen LogP contribution in [0, 0.1) is 0 Å². The van der Waals surface area contributed by atoms with Crippen molar-refractivity contribution in [3.8, 4) is 0 Å². The average molecular weight is 478 g/mol. The quantitative estimate of drug-likeness (QED) is 0.197. The number of alkyl halides is 3. The van der Waals surface area contributed by atoms with Crippen molar-refractivity contribution in [3.63, 3.8) is 0 Å². The molecule has 2 aromatic rings. The Morgan fingerprint density at radius 1 is 1.13 bits per heavy atom. The maximum atomic E-state index is 13.7. The summed E-state index contributed by atoms with van der Waals surface area (Å²) in [4.78, 5) is 4.29. The Morgan fingerprint density at radius 2 is 1.80 bits per heavy atom. The van der Waals surface area contributed by atoms with Crippen LogP contribution in [-0.4, -0.2) is 30.0 Å². The van der Waals surface area contributed by atoms with Crippen molar-refractivity contribution >= 4 is 59.2 Å². The van der Waals surface area contributed by atoms with E-state index in [1.165, 1.54) is 24.5 Å². The van der Waals surface area contributed by atoms with E-state index < -0.39 is 12.1 Å². The minimum Gasteiger partial charge on any atom is -0.325 e. The molecule has 0 heterocycles. The predicted octanol–water partition coefficient (Wildman–Crippen LogP) is 7.08. The second-order valence-corrected chi connectivity index (χ2v) is 7.61. The van der Waals surface area contributed by atoms with Gasteiger partial charge in [-0.1, -0.05) is 66.0 Å². The van der Waals surface area contributed by atoms with Gasteiger partial charge < -0.3 is 5.73 Å². The Bertz CT molecular complexity index is 952. The first-order valence-corrected chi connectivity index (χ1v) is 10.1. The summed E-state index contributed by atoms with van der Waals surface area (Å²) in [5, 5.41) is -0.127. The molecule has 2 N–H and O–H groups in total. The lowest BCUT2D eigenvalue weighted by molar-refractivity contribution is -0.394. The third-order valence-electron chi connectivity index (χ3n) is 4.11. The molecule has 0 aliphatic carbocycles. The fraction of sp³-hybridized carbons (Fsp3) is 0.238. The Morgan fingerprint density at radius 3 is 2.37 bits per heavy atom. The highest BCUT2D eigenvalue weighted by Gasteiger charge is 2.40. The van der Waals surface area contributed by atoms with E-state index in [9.17, 15) is 13.2 Å². The molecule has 30 heavy (non-hydrogen) atoms. The molecule has 0 aliphatic rings. The van der Waals surface area contributed by atoms with Crippen molar-refractivity contribution in [2.45, 2.75) is 25.4 Å². The van der Waals surface area contributed by atoms with E-state index in [1.807, 2.05) is 6.92 Å². The van der Waals surface area contributed by atoms with Gasteiger partial charge in [0.15, 0.2) is 6.34 Å². The molecule has 0 spiro atoms. The number of nitrogens with two attached hydrogens (primary N) is 1. The molecule has 0 saturated heterocycles. The predicted molar refractivity (Wildman–Crippen MR) is 120 cm³/mol. The summed E-state index contributed by atoms with van der Waals surface area (Å²) in [5.74, 6) is -1.96. The maximum absolute atomic E-state index is 13.7. The largest absolute Gasteiger partial charge is 0.399 e. The van der Waals surface area contributed by atoms with Crippen molar-refractivity contribution in [1.82, 2.24) is 0 Å². The normalized spacial score (nSPS) is 14.0. The fourth-order valence-electron chi connectivity index (χ4n) is 2.64. The van der Waals surface area contributed by atoms with E-state index in [0.717, 1.165) is 19.0 Å². The lowest BCUT2D eigenvalue weighted by Crippen LogP contribution is -2.19. The van der Waals surface area contributed by atoms with Crippen LogP contribution in [0.4, 0.5) is 18.9 Å². The molecule has 0 amide bonds. The second kappa shape index (κ2) is 10.8. The fourth-order valence-corrected chi connectivity index (χ4v) is 3.38. The van der Waals surface area contributed by atoms with Crippen molar-refractivity contribution in [2.24, 2.45) is 10.7 Å². The molecular weight excluding hydrogens is 458 g/mol. The third-order valence-corrected chi connectivity index (χ3v) is 5.15. The van der Waals surface area contributed by atoms with Gasteiger partial charge in [0.05, 0.1) is 22.5 Å². The van der Waals surface area contributed by atoms with Crippen LogP contribution in [0.15, 0.2) is 47.5 Å². The highest BCUT2D eigenvalue weighted by atomic mass is 35.5.